The number of carbonyl (C=O) groups is 1. The fourth-order valence-corrected chi connectivity index (χ4v) is 8.66. The summed E-state index contributed by atoms with van der Waals surface area (Å²) in [4.78, 5) is 21.0. The number of aromatic hydroxyl groups is 1. The fourth-order valence-electron chi connectivity index (χ4n) is 4.89. The van der Waals surface area contributed by atoms with Crippen LogP contribution in [0, 0.1) is 0 Å². The maximum Gasteiger partial charge on any atom is 0.397 e. The summed E-state index contributed by atoms with van der Waals surface area (Å²) >= 11 is 0.572. The molecule has 1 aromatic heterocycles. The largest absolute Gasteiger partial charge is 0.504 e. The lowest BCUT2D eigenvalue weighted by atomic mass is 10.2. The van der Waals surface area contributed by atoms with Crippen LogP contribution >= 0.6 is 22.6 Å². The maximum atomic E-state index is 12.8. The lowest BCUT2D eigenvalue weighted by Crippen LogP contribution is -2.15. The number of nitrogens with zero attached hydrogens (tertiary/aromatic N) is 6. The molecule has 1 heterocycles. The summed E-state index contributed by atoms with van der Waals surface area (Å²) in [6, 6.07) is 16.0. The summed E-state index contributed by atoms with van der Waals surface area (Å²) in [7, 11) is -23.6. The van der Waals surface area contributed by atoms with Crippen LogP contribution in [0.25, 0.3) is 0 Å². The molecule has 27 nitrogen and oxygen atoms in total. The smallest absolute Gasteiger partial charge is 0.397 e. The first-order valence-corrected chi connectivity index (χ1v) is 25.4. The predicted molar refractivity (Wildman–Crippen MR) is 230 cm³/mol. The molecular weight excluding hydrogens is 991 g/mol. The second kappa shape index (κ2) is 20.1. The third-order valence-electron chi connectivity index (χ3n) is 7.69. The predicted octanol–water partition coefficient (Wildman–Crippen LogP) is 4.47. The van der Waals surface area contributed by atoms with Gasteiger partial charge in [0.1, 0.15) is 21.5 Å². The molecule has 65 heavy (non-hydrogen) atoms. The Morgan fingerprint density at radius 2 is 1.37 bits per heavy atom. The number of carboxylic acid groups (broad SMARTS) is 1. The number of hydrogen-bond donors (Lipinski definition) is 11. The monoisotopic (exact) mass is 1020 g/mol. The zero-order valence-corrected chi connectivity index (χ0v) is 36.9. The first-order chi connectivity index (χ1) is 30.2. The number of aliphatic carboxylic acids is 1. The van der Waals surface area contributed by atoms with E-state index in [1.807, 2.05) is 0 Å². The molecule has 0 aliphatic rings. The quantitative estimate of drug-likeness (QED) is 0.0103. The van der Waals surface area contributed by atoms with E-state index in [4.69, 9.17) is 4.55 Å². The van der Waals surface area contributed by atoms with Crippen molar-refractivity contribution in [2.75, 3.05) is 34.2 Å². The Balaban J connectivity index is 1.55. The third kappa shape index (κ3) is 14.5. The summed E-state index contributed by atoms with van der Waals surface area (Å²) in [6.07, 6.45) is 0. The second-order valence-corrected chi connectivity index (χ2v) is 20.8. The van der Waals surface area contributed by atoms with E-state index in [1.165, 1.54) is 36.4 Å². The highest BCUT2D eigenvalue weighted by Gasteiger charge is 2.24. The average molecular weight is 1020 g/mol. The molecule has 0 aliphatic heterocycles. The van der Waals surface area contributed by atoms with E-state index < -0.39 is 125 Å². The minimum Gasteiger partial charge on any atom is -0.504 e. The van der Waals surface area contributed by atoms with E-state index >= 15 is 0 Å². The normalized spacial score (nSPS) is 13.1. The van der Waals surface area contributed by atoms with E-state index in [2.05, 4.69) is 50.5 Å². The van der Waals surface area contributed by atoms with Crippen LogP contribution in [0.3, 0.4) is 0 Å². The minimum atomic E-state index is -5.10. The number of rotatable bonds is 19. The van der Waals surface area contributed by atoms with Crippen LogP contribution in [0.15, 0.2) is 125 Å². The van der Waals surface area contributed by atoms with Gasteiger partial charge in [0.05, 0.1) is 44.2 Å². The molecule has 0 saturated carbocycles. The Labute approximate surface area is 373 Å². The van der Waals surface area contributed by atoms with Crippen molar-refractivity contribution >= 4 is 110 Å². The molecule has 0 saturated heterocycles. The van der Waals surface area contributed by atoms with Gasteiger partial charge >= 0.3 is 16.4 Å². The van der Waals surface area contributed by atoms with Gasteiger partial charge in [-0.25, -0.2) is 12.6 Å². The molecule has 5 rings (SSSR count). The SMILES string of the molecule is O=C(O)CSc1nc(Nc2cccc(S(=O)(=O)CCOS(=O)(=O)O)c2)nc(Nc2cc(S(=O)(=O)O)cc(N=N/C(=N\Nc3cc(S(O)(O)O)ccc3S(=O)(=O)O)c3ccccc3)c2O)n1. The molecule has 0 aliphatic carbocycles. The van der Waals surface area contributed by atoms with Gasteiger partial charge in [-0.2, -0.15) is 45.3 Å². The van der Waals surface area contributed by atoms with Gasteiger partial charge in [0.15, 0.2) is 20.7 Å². The lowest BCUT2D eigenvalue weighted by Gasteiger charge is -2.20. The molecule has 0 spiro atoms. The number of sulfone groups is 1. The van der Waals surface area contributed by atoms with Crippen LogP contribution in [-0.4, -0.2) is 116 Å². The summed E-state index contributed by atoms with van der Waals surface area (Å²) in [5.74, 6) is -4.98. The highest BCUT2D eigenvalue weighted by molar-refractivity contribution is 8.19. The van der Waals surface area contributed by atoms with Crippen LogP contribution < -0.4 is 16.1 Å². The van der Waals surface area contributed by atoms with E-state index in [1.54, 1.807) is 6.07 Å². The number of hydrogen-bond acceptors (Lipinski definition) is 23. The van der Waals surface area contributed by atoms with E-state index in [0.29, 0.717) is 23.9 Å². The molecule has 0 unspecified atom stereocenters. The number of benzene rings is 4. The van der Waals surface area contributed by atoms with Crippen molar-refractivity contribution in [3.63, 3.8) is 0 Å². The summed E-state index contributed by atoms with van der Waals surface area (Å²) in [6.45, 7) is -0.917. The van der Waals surface area contributed by atoms with Gasteiger partial charge in [0, 0.05) is 11.3 Å². The van der Waals surface area contributed by atoms with Gasteiger partial charge in [-0.3, -0.25) is 23.9 Å². The first-order valence-electron chi connectivity index (χ1n) is 17.0. The van der Waals surface area contributed by atoms with Crippen molar-refractivity contribution < 1.29 is 80.2 Å². The van der Waals surface area contributed by atoms with Crippen molar-refractivity contribution in [2.45, 2.75) is 24.7 Å². The molecule has 0 atom stereocenters. The van der Waals surface area contributed by atoms with Gasteiger partial charge in [-0.15, -0.1) is 10.2 Å². The molecule has 0 amide bonds. The standard InChI is InChI=1S/C32H31N9O18S6/c42-27(43)17-60-32-36-30(33-19-7-4-8-20(13-19)61(45,46)12-11-59-65(56,57)58)35-31(37-32)34-24-15-22(63(50,51)52)16-25(28(24)44)39-41-29(18-5-2-1-3-6-18)40-38-23-14-21(62(47,48)49)9-10-26(23)64(53,54)55/h1-10,13-16,38,44,47-49H,11-12,17H2,(H,42,43)(H,50,51,52)(H,53,54,55)(H,56,57,58)(H2,33,34,35,36,37)/b40-29-,41-39?. The van der Waals surface area contributed by atoms with Gasteiger partial charge in [-0.1, -0.05) is 48.2 Å². The summed E-state index contributed by atoms with van der Waals surface area (Å²) in [5, 5.41) is 37.3. The van der Waals surface area contributed by atoms with Crippen molar-refractivity contribution in [1.29, 1.82) is 0 Å². The van der Waals surface area contributed by atoms with Crippen LogP contribution in [0.5, 0.6) is 5.75 Å². The molecule has 0 fully saturated rings. The Morgan fingerprint density at radius 1 is 0.708 bits per heavy atom. The minimum absolute atomic E-state index is 0.00345. The number of azo groups is 1. The van der Waals surface area contributed by atoms with E-state index in [-0.39, 0.29) is 27.3 Å². The van der Waals surface area contributed by atoms with Gasteiger partial charge in [0.2, 0.25) is 17.7 Å². The highest BCUT2D eigenvalue weighted by atomic mass is 32.3. The van der Waals surface area contributed by atoms with Crippen LogP contribution in [0.2, 0.25) is 0 Å². The van der Waals surface area contributed by atoms with Crippen LogP contribution in [0.4, 0.5) is 34.6 Å². The Bertz CT molecular complexity index is 3140. The second-order valence-electron chi connectivity index (χ2n) is 12.4. The Hall–Kier alpha value is -5.95. The number of phenols is 1. The van der Waals surface area contributed by atoms with E-state index in [9.17, 15) is 71.4 Å². The van der Waals surface area contributed by atoms with Crippen LogP contribution in [0.1, 0.15) is 5.56 Å². The fraction of sp³-hybridized carbons (Fsp3) is 0.0938. The topological polar surface area (TPSA) is 437 Å². The molecule has 5 aromatic rings. The van der Waals surface area contributed by atoms with Crippen molar-refractivity contribution in [3.8, 4) is 5.75 Å². The summed E-state index contributed by atoms with van der Waals surface area (Å²) < 4.78 is 158. The molecule has 4 aromatic carbocycles. The highest BCUT2D eigenvalue weighted by Crippen LogP contribution is 2.45. The number of aromatic nitrogens is 3. The Morgan fingerprint density at radius 3 is 1.98 bits per heavy atom. The van der Waals surface area contributed by atoms with Gasteiger partial charge < -0.3 is 34.5 Å². The number of carboxylic acids is 1. The average Bonchev–Trinajstić information content (AvgIpc) is 3.20. The molecule has 0 radical (unpaired) electrons. The first kappa shape index (κ1) is 50.1. The number of thioether (sulfide) groups is 1. The molecule has 0 bridgehead atoms. The van der Waals surface area contributed by atoms with Gasteiger partial charge in [0.25, 0.3) is 20.2 Å². The zero-order valence-electron chi connectivity index (χ0n) is 32.0. The Kier molecular flexibility index (Phi) is 15.4. The van der Waals surface area contributed by atoms with Crippen molar-refractivity contribution in [2.24, 2.45) is 15.3 Å². The number of amidine groups is 1. The van der Waals surface area contributed by atoms with Crippen LogP contribution in [-0.2, 0) is 49.5 Å². The molecular formula is C32H31N9O18S6. The van der Waals surface area contributed by atoms with Crippen molar-refractivity contribution in [3.05, 3.63) is 90.5 Å². The number of hydrazone groups is 1. The third-order valence-corrected chi connectivity index (χ3v) is 13.3. The number of anilines is 5. The maximum absolute atomic E-state index is 12.8. The number of nitrogens with one attached hydrogen (secondary N) is 3. The molecule has 33 heteroatoms. The molecule has 11 N–H and O–H groups in total. The molecule has 348 valence electrons. The van der Waals surface area contributed by atoms with Gasteiger partial charge in [-0.05, 0) is 48.5 Å². The van der Waals surface area contributed by atoms with Crippen molar-refractivity contribution in [1.82, 2.24) is 15.0 Å². The summed E-state index contributed by atoms with van der Waals surface area (Å²) in [5.41, 5.74) is 0.542. The van der Waals surface area contributed by atoms with E-state index in [0.717, 1.165) is 30.3 Å². The lowest BCUT2D eigenvalue weighted by molar-refractivity contribution is -0.133. The number of phenolic OH excluding ortho intramolecular Hbond substituents is 1. The zero-order chi connectivity index (χ0) is 48.0.